The molecule has 138 valence electrons. The summed E-state index contributed by atoms with van der Waals surface area (Å²) in [6, 6.07) is 4.95. The van der Waals surface area contributed by atoms with Gasteiger partial charge in [-0.1, -0.05) is 0 Å². The van der Waals surface area contributed by atoms with Crippen molar-refractivity contribution in [3.63, 3.8) is 0 Å². The summed E-state index contributed by atoms with van der Waals surface area (Å²) in [5.74, 6) is -0.834. The quantitative estimate of drug-likeness (QED) is 0.626. The number of nitrogens with one attached hydrogen (secondary N) is 1. The van der Waals surface area contributed by atoms with Crippen molar-refractivity contribution in [1.29, 1.82) is 0 Å². The number of methoxy groups -OCH3 is 2. The van der Waals surface area contributed by atoms with Gasteiger partial charge in [0.25, 0.3) is 0 Å². The molecule has 0 spiro atoms. The maximum atomic E-state index is 13.0. The second-order valence-electron chi connectivity index (χ2n) is 4.76. The first-order valence-corrected chi connectivity index (χ1v) is 8.16. The van der Waals surface area contributed by atoms with Crippen molar-refractivity contribution in [2.24, 2.45) is 0 Å². The number of benzene rings is 1. The first kappa shape index (κ1) is 12.7. The minimum Gasteiger partial charge on any atom is -0.609 e. The van der Waals surface area contributed by atoms with Crippen LogP contribution in [0.25, 0.3) is 11.0 Å². The summed E-state index contributed by atoms with van der Waals surface area (Å²) >= 11 is -2.50. The molecule has 0 radical (unpaired) electrons. The van der Waals surface area contributed by atoms with E-state index in [4.69, 9.17) is 16.3 Å². The molecule has 3 rings (SSSR count). The summed E-state index contributed by atoms with van der Waals surface area (Å²) < 4.78 is 90.3. The van der Waals surface area contributed by atoms with Gasteiger partial charge in [0.15, 0.2) is 17.2 Å². The molecule has 0 aliphatic carbocycles. The number of ether oxygens (including phenoxy) is 3. The van der Waals surface area contributed by atoms with E-state index < -0.39 is 36.2 Å². The van der Waals surface area contributed by atoms with Gasteiger partial charge < -0.3 is 18.8 Å². The average Bonchev–Trinajstić information content (AvgIpc) is 3.08. The van der Waals surface area contributed by atoms with E-state index in [0.717, 1.165) is 13.3 Å². The fraction of sp³-hybridized carbons (Fsp3) is 0.250. The second kappa shape index (κ2) is 7.75. The van der Waals surface area contributed by atoms with Gasteiger partial charge in [-0.05, 0) is 12.1 Å². The number of alkyl halides is 2. The Morgan fingerprint density at radius 2 is 2.23 bits per heavy atom. The van der Waals surface area contributed by atoms with Gasteiger partial charge in [0.2, 0.25) is 0 Å². The van der Waals surface area contributed by atoms with Crippen LogP contribution in [0.15, 0.2) is 35.6 Å². The average molecular weight is 388 g/mol. The highest BCUT2D eigenvalue weighted by Crippen LogP contribution is 2.31. The van der Waals surface area contributed by atoms with Gasteiger partial charge in [0.05, 0.1) is 32.0 Å². The molecule has 1 atom stereocenters. The molecule has 3 aromatic rings. The van der Waals surface area contributed by atoms with Crippen LogP contribution in [0.3, 0.4) is 0 Å². The number of aromatic nitrogens is 3. The molecular weight excluding hydrogens is 368 g/mol. The van der Waals surface area contributed by atoms with Crippen molar-refractivity contribution in [2.45, 2.75) is 17.5 Å². The lowest BCUT2D eigenvalue weighted by Gasteiger charge is -2.12. The molecule has 0 saturated heterocycles. The Kier molecular flexibility index (Phi) is 3.79. The Bertz CT molecular complexity index is 1080. The molecule has 2 heterocycles. The molecule has 26 heavy (non-hydrogen) atoms. The first-order chi connectivity index (χ1) is 14.4. The molecular formula is C16H15F2N3O4S. The van der Waals surface area contributed by atoms with E-state index >= 15 is 0 Å². The van der Waals surface area contributed by atoms with Crippen molar-refractivity contribution < 1.29 is 34.4 Å². The van der Waals surface area contributed by atoms with Crippen LogP contribution in [-0.4, -0.2) is 40.3 Å². The van der Waals surface area contributed by atoms with Crippen molar-refractivity contribution in [2.75, 3.05) is 14.1 Å². The monoisotopic (exact) mass is 388 g/mol. The van der Waals surface area contributed by atoms with E-state index in [1.807, 2.05) is 0 Å². The summed E-state index contributed by atoms with van der Waals surface area (Å²) in [5.41, 5.74) is -2.75. The summed E-state index contributed by atoms with van der Waals surface area (Å²) in [5, 5.41) is -0.305. The molecule has 1 unspecified atom stereocenters. The molecule has 10 heteroatoms. The third-order valence-electron chi connectivity index (χ3n) is 3.21. The van der Waals surface area contributed by atoms with Crippen molar-refractivity contribution in [3.8, 4) is 17.2 Å². The lowest BCUT2D eigenvalue weighted by molar-refractivity contribution is -0.0497. The Labute approximate surface area is 157 Å². The number of hydrogen-bond acceptors (Lipinski definition) is 6. The van der Waals surface area contributed by atoms with E-state index in [9.17, 15) is 13.3 Å². The fourth-order valence-corrected chi connectivity index (χ4v) is 2.94. The van der Waals surface area contributed by atoms with Crippen molar-refractivity contribution in [1.82, 2.24) is 15.0 Å². The van der Waals surface area contributed by atoms with Crippen LogP contribution in [0.5, 0.6) is 17.2 Å². The molecule has 0 aliphatic heterocycles. The fourth-order valence-electron chi connectivity index (χ4n) is 2.14. The van der Waals surface area contributed by atoms with Gasteiger partial charge in [-0.3, -0.25) is 9.97 Å². The van der Waals surface area contributed by atoms with Crippen LogP contribution < -0.4 is 14.2 Å². The van der Waals surface area contributed by atoms with Crippen LogP contribution in [0.1, 0.15) is 12.5 Å². The van der Waals surface area contributed by atoms with Gasteiger partial charge in [-0.15, -0.1) is 0 Å². The maximum absolute atomic E-state index is 13.0. The van der Waals surface area contributed by atoms with Gasteiger partial charge in [0, 0.05) is 29.5 Å². The van der Waals surface area contributed by atoms with Crippen LogP contribution in [-0.2, 0) is 16.9 Å². The SMILES string of the molecule is [2H]C([2H])([2H])Oc1ccnc(C([2H])([2H])[S+]([O-])c2nc3cc(OC(F)F)ccc3[nH]2)c1OC. The largest absolute Gasteiger partial charge is 0.609 e. The number of H-pyrrole nitrogens is 1. The smallest absolute Gasteiger partial charge is 0.387 e. The van der Waals surface area contributed by atoms with Gasteiger partial charge >= 0.3 is 11.8 Å². The normalized spacial score (nSPS) is 16.3. The highest BCUT2D eigenvalue weighted by molar-refractivity contribution is 7.90. The molecule has 0 amide bonds. The lowest BCUT2D eigenvalue weighted by atomic mass is 10.3. The Morgan fingerprint density at radius 3 is 2.96 bits per heavy atom. The molecule has 0 fully saturated rings. The molecule has 0 saturated carbocycles. The van der Waals surface area contributed by atoms with E-state index in [1.165, 1.54) is 24.3 Å². The number of halogens is 2. The van der Waals surface area contributed by atoms with Gasteiger partial charge in [-0.25, -0.2) is 0 Å². The van der Waals surface area contributed by atoms with E-state index in [-0.39, 0.29) is 27.9 Å². The summed E-state index contributed by atoms with van der Waals surface area (Å²) in [6.45, 7) is -3.04. The zero-order valence-corrected chi connectivity index (χ0v) is 14.0. The van der Waals surface area contributed by atoms with E-state index in [1.54, 1.807) is 0 Å². The highest BCUT2D eigenvalue weighted by Gasteiger charge is 2.22. The molecule has 0 bridgehead atoms. The Hall–Kier alpha value is -2.59. The number of fused-ring (bicyclic) bond motifs is 1. The maximum Gasteiger partial charge on any atom is 0.387 e. The number of hydrogen-bond donors (Lipinski definition) is 1. The van der Waals surface area contributed by atoms with Crippen molar-refractivity contribution >= 4 is 22.2 Å². The predicted molar refractivity (Wildman–Crippen MR) is 90.2 cm³/mol. The second-order valence-corrected chi connectivity index (χ2v) is 5.89. The van der Waals surface area contributed by atoms with Crippen LogP contribution in [0.4, 0.5) is 8.78 Å². The number of rotatable bonds is 7. The third kappa shape index (κ3) is 3.81. The van der Waals surface area contributed by atoms with E-state index in [2.05, 4.69) is 19.7 Å². The minimum atomic E-state index is -3.04. The van der Waals surface area contributed by atoms with Gasteiger partial charge in [0.1, 0.15) is 11.4 Å². The molecule has 7 nitrogen and oxygen atoms in total. The molecule has 1 aromatic carbocycles. The van der Waals surface area contributed by atoms with Crippen LogP contribution >= 0.6 is 0 Å². The number of pyridine rings is 1. The zero-order valence-electron chi connectivity index (χ0n) is 18.2. The number of aromatic amines is 1. The topological polar surface area (TPSA) is 92.3 Å². The highest BCUT2D eigenvalue weighted by atomic mass is 32.2. The van der Waals surface area contributed by atoms with Gasteiger partial charge in [-0.2, -0.15) is 13.8 Å². The predicted octanol–water partition coefficient (Wildman–Crippen LogP) is 2.88. The Morgan fingerprint density at radius 1 is 1.38 bits per heavy atom. The van der Waals surface area contributed by atoms with Crippen LogP contribution in [0.2, 0.25) is 0 Å². The first-order valence-electron chi connectivity index (χ1n) is 9.51. The minimum absolute atomic E-state index is 0.122. The molecule has 0 aliphatic rings. The van der Waals surface area contributed by atoms with Crippen molar-refractivity contribution in [3.05, 3.63) is 36.2 Å². The summed E-state index contributed by atoms with van der Waals surface area (Å²) in [7, 11) is -1.69. The standard InChI is InChI=1S/C16H15F2N3O4S/c1-23-13-5-6-19-12(14(13)24-2)8-26(22)16-20-10-4-3-9(25-15(17)18)7-11(10)21-16/h3-7,15H,8H2,1-2H3,(H,20,21)/i1D3,8D2. The number of nitrogens with zero attached hydrogens (tertiary/aromatic N) is 2. The Balaban J connectivity index is 1.99. The third-order valence-corrected chi connectivity index (χ3v) is 4.13. The number of imidazole rings is 1. The van der Waals surface area contributed by atoms with Crippen LogP contribution in [0, 0.1) is 0 Å². The van der Waals surface area contributed by atoms with E-state index in [0.29, 0.717) is 5.52 Å². The summed E-state index contributed by atoms with van der Waals surface area (Å²) in [4.78, 5) is 10.5. The molecule has 1 N–H and O–H groups in total. The zero-order chi connectivity index (χ0) is 23.0. The lowest BCUT2D eigenvalue weighted by Crippen LogP contribution is -2.10. The summed E-state index contributed by atoms with van der Waals surface area (Å²) in [6.07, 6.45) is 1.08. The molecule has 2 aromatic heterocycles.